The molecular formula is C12H16ClNO3S. The number of nitrogens with one attached hydrogen (secondary N) is 1. The molecule has 0 radical (unpaired) electrons. The van der Waals surface area contributed by atoms with Crippen LogP contribution in [0.4, 0.5) is 0 Å². The highest BCUT2D eigenvalue weighted by Gasteiger charge is 2.35. The van der Waals surface area contributed by atoms with E-state index < -0.39 is 16.1 Å². The first-order valence-corrected chi connectivity index (χ1v) is 7.83. The molecule has 2 rings (SSSR count). The Hall–Kier alpha value is -0.620. The molecule has 0 bridgehead atoms. The molecule has 1 unspecified atom stereocenters. The molecular weight excluding hydrogens is 274 g/mol. The third kappa shape index (κ3) is 3.68. The number of rotatable bonds is 6. The third-order valence-corrected chi connectivity index (χ3v) is 5.11. The number of hydrogen-bond donors (Lipinski definition) is 2. The van der Waals surface area contributed by atoms with Gasteiger partial charge in [-0.3, -0.25) is 0 Å². The molecule has 6 heteroatoms. The SMILES string of the molecule is O=S(=O)(NCCC(O)c1cccc(Cl)c1)C1CC1. The lowest BCUT2D eigenvalue weighted by Crippen LogP contribution is -2.29. The third-order valence-electron chi connectivity index (χ3n) is 2.92. The number of hydrogen-bond acceptors (Lipinski definition) is 3. The molecule has 4 nitrogen and oxygen atoms in total. The lowest BCUT2D eigenvalue weighted by molar-refractivity contribution is 0.169. The average Bonchev–Trinajstić information content (AvgIpc) is 3.12. The summed E-state index contributed by atoms with van der Waals surface area (Å²) in [5, 5.41) is 10.2. The summed E-state index contributed by atoms with van der Waals surface area (Å²) in [6.45, 7) is 0.243. The number of sulfonamides is 1. The second kappa shape index (κ2) is 5.57. The Labute approximate surface area is 112 Å². The highest BCUT2D eigenvalue weighted by atomic mass is 35.5. The summed E-state index contributed by atoms with van der Waals surface area (Å²) in [4.78, 5) is 0. The zero-order valence-electron chi connectivity index (χ0n) is 9.84. The van der Waals surface area contributed by atoms with Crippen molar-refractivity contribution < 1.29 is 13.5 Å². The first-order chi connectivity index (χ1) is 8.49. The number of aliphatic hydroxyl groups excluding tert-OH is 1. The van der Waals surface area contributed by atoms with Crippen molar-refractivity contribution in [1.82, 2.24) is 4.72 Å². The first-order valence-electron chi connectivity index (χ1n) is 5.91. The summed E-state index contributed by atoms with van der Waals surface area (Å²) >= 11 is 5.82. The van der Waals surface area contributed by atoms with Gasteiger partial charge in [0.15, 0.2) is 0 Å². The molecule has 0 aromatic heterocycles. The van der Waals surface area contributed by atoms with Crippen LogP contribution in [-0.4, -0.2) is 25.3 Å². The van der Waals surface area contributed by atoms with Crippen LogP contribution in [0.25, 0.3) is 0 Å². The predicted molar refractivity (Wildman–Crippen MR) is 71.0 cm³/mol. The maximum Gasteiger partial charge on any atom is 0.214 e. The molecule has 0 saturated heterocycles. The van der Waals surface area contributed by atoms with Crippen LogP contribution < -0.4 is 4.72 Å². The van der Waals surface area contributed by atoms with E-state index in [2.05, 4.69) is 4.72 Å². The van der Waals surface area contributed by atoms with Crippen LogP contribution in [0.2, 0.25) is 5.02 Å². The molecule has 1 atom stereocenters. The van der Waals surface area contributed by atoms with Crippen molar-refractivity contribution in [2.45, 2.75) is 30.6 Å². The summed E-state index contributed by atoms with van der Waals surface area (Å²) in [5.41, 5.74) is 0.702. The standard InChI is InChI=1S/C12H16ClNO3S/c13-10-3-1-2-9(8-10)12(15)6-7-14-18(16,17)11-4-5-11/h1-3,8,11-12,14-15H,4-7H2. The van der Waals surface area contributed by atoms with E-state index in [4.69, 9.17) is 11.6 Å². The van der Waals surface area contributed by atoms with Gasteiger partial charge in [-0.25, -0.2) is 13.1 Å². The Bertz CT molecular complexity index is 514. The van der Waals surface area contributed by atoms with Gasteiger partial charge in [-0.15, -0.1) is 0 Å². The van der Waals surface area contributed by atoms with Gasteiger partial charge in [0.2, 0.25) is 10.0 Å². The van der Waals surface area contributed by atoms with Gasteiger partial charge in [0, 0.05) is 11.6 Å². The van der Waals surface area contributed by atoms with Gasteiger partial charge in [-0.1, -0.05) is 23.7 Å². The molecule has 100 valence electrons. The monoisotopic (exact) mass is 289 g/mol. The fraction of sp³-hybridized carbons (Fsp3) is 0.500. The maximum atomic E-state index is 11.6. The van der Waals surface area contributed by atoms with Crippen LogP contribution >= 0.6 is 11.6 Å². The average molecular weight is 290 g/mol. The van der Waals surface area contributed by atoms with E-state index in [1.807, 2.05) is 0 Å². The molecule has 2 N–H and O–H groups in total. The molecule has 18 heavy (non-hydrogen) atoms. The summed E-state index contributed by atoms with van der Waals surface area (Å²) < 4.78 is 25.6. The van der Waals surface area contributed by atoms with Crippen LogP contribution in [0, 0.1) is 0 Å². The Morgan fingerprint density at radius 3 is 2.78 bits per heavy atom. The highest BCUT2D eigenvalue weighted by Crippen LogP contribution is 2.27. The van der Waals surface area contributed by atoms with E-state index in [-0.39, 0.29) is 11.8 Å². The van der Waals surface area contributed by atoms with Crippen LogP contribution in [0.1, 0.15) is 30.9 Å². The Morgan fingerprint density at radius 2 is 2.17 bits per heavy atom. The molecule has 1 aliphatic carbocycles. The summed E-state index contributed by atoms with van der Waals surface area (Å²) in [7, 11) is -3.16. The second-order valence-electron chi connectivity index (χ2n) is 4.50. The smallest absolute Gasteiger partial charge is 0.214 e. The minimum Gasteiger partial charge on any atom is -0.388 e. The van der Waals surface area contributed by atoms with E-state index in [9.17, 15) is 13.5 Å². The topological polar surface area (TPSA) is 66.4 Å². The predicted octanol–water partition coefficient (Wildman–Crippen LogP) is 1.85. The minimum atomic E-state index is -3.16. The van der Waals surface area contributed by atoms with E-state index in [0.717, 1.165) is 12.8 Å². The Kier molecular flexibility index (Phi) is 4.27. The van der Waals surface area contributed by atoms with Crippen molar-refractivity contribution in [3.63, 3.8) is 0 Å². The lowest BCUT2D eigenvalue weighted by Gasteiger charge is -2.12. The van der Waals surface area contributed by atoms with Gasteiger partial charge in [-0.2, -0.15) is 0 Å². The van der Waals surface area contributed by atoms with E-state index in [0.29, 0.717) is 17.0 Å². The molecule has 1 aromatic carbocycles. The Morgan fingerprint density at radius 1 is 1.44 bits per heavy atom. The molecule has 0 spiro atoms. The van der Waals surface area contributed by atoms with Crippen LogP contribution in [-0.2, 0) is 10.0 Å². The second-order valence-corrected chi connectivity index (χ2v) is 6.98. The van der Waals surface area contributed by atoms with Crippen LogP contribution in [0.3, 0.4) is 0 Å². The van der Waals surface area contributed by atoms with Gasteiger partial charge in [0.1, 0.15) is 0 Å². The van der Waals surface area contributed by atoms with Crippen molar-refractivity contribution >= 4 is 21.6 Å². The Balaban J connectivity index is 1.83. The largest absolute Gasteiger partial charge is 0.388 e. The van der Waals surface area contributed by atoms with Crippen LogP contribution in [0.5, 0.6) is 0 Å². The van der Waals surface area contributed by atoms with E-state index in [1.54, 1.807) is 24.3 Å². The normalized spacial score (nSPS) is 17.7. The molecule has 1 fully saturated rings. The van der Waals surface area contributed by atoms with Crippen molar-refractivity contribution in [1.29, 1.82) is 0 Å². The number of benzene rings is 1. The molecule has 0 amide bonds. The van der Waals surface area contributed by atoms with Crippen molar-refractivity contribution in [2.24, 2.45) is 0 Å². The van der Waals surface area contributed by atoms with Gasteiger partial charge in [0.25, 0.3) is 0 Å². The zero-order valence-corrected chi connectivity index (χ0v) is 11.4. The minimum absolute atomic E-state index is 0.221. The van der Waals surface area contributed by atoms with Crippen molar-refractivity contribution in [3.8, 4) is 0 Å². The van der Waals surface area contributed by atoms with Gasteiger partial charge in [-0.05, 0) is 37.0 Å². The van der Waals surface area contributed by atoms with E-state index in [1.165, 1.54) is 0 Å². The molecule has 1 saturated carbocycles. The summed E-state index contributed by atoms with van der Waals surface area (Å²) in [5.74, 6) is 0. The molecule has 0 aliphatic heterocycles. The van der Waals surface area contributed by atoms with Crippen molar-refractivity contribution in [3.05, 3.63) is 34.9 Å². The van der Waals surface area contributed by atoms with Gasteiger partial charge < -0.3 is 5.11 Å². The van der Waals surface area contributed by atoms with Gasteiger partial charge in [0.05, 0.1) is 11.4 Å². The van der Waals surface area contributed by atoms with Crippen molar-refractivity contribution in [2.75, 3.05) is 6.54 Å². The number of halogens is 1. The summed E-state index contributed by atoms with van der Waals surface area (Å²) in [6, 6.07) is 6.94. The summed E-state index contributed by atoms with van der Waals surface area (Å²) in [6.07, 6.45) is 1.12. The lowest BCUT2D eigenvalue weighted by atomic mass is 10.1. The highest BCUT2D eigenvalue weighted by molar-refractivity contribution is 7.90. The quantitative estimate of drug-likeness (QED) is 0.840. The maximum absolute atomic E-state index is 11.6. The molecule has 1 aliphatic rings. The zero-order chi connectivity index (χ0) is 13.2. The molecule has 0 heterocycles. The first kappa shape index (κ1) is 13.8. The van der Waals surface area contributed by atoms with Crippen LogP contribution in [0.15, 0.2) is 24.3 Å². The molecule has 1 aromatic rings. The van der Waals surface area contributed by atoms with E-state index >= 15 is 0 Å². The fourth-order valence-electron chi connectivity index (χ4n) is 1.71. The number of aliphatic hydroxyl groups is 1. The fourth-order valence-corrected chi connectivity index (χ4v) is 3.31. The van der Waals surface area contributed by atoms with Gasteiger partial charge >= 0.3 is 0 Å².